The van der Waals surface area contributed by atoms with Crippen molar-refractivity contribution in [3.63, 3.8) is 0 Å². The molecule has 1 amide bonds. The van der Waals surface area contributed by atoms with E-state index < -0.39 is 11.9 Å². The van der Waals surface area contributed by atoms with Crippen molar-refractivity contribution in [1.29, 1.82) is 0 Å². The van der Waals surface area contributed by atoms with E-state index in [4.69, 9.17) is 14.5 Å². The Morgan fingerprint density at radius 3 is 2.67 bits per heavy atom. The van der Waals surface area contributed by atoms with E-state index in [9.17, 15) is 9.59 Å². The van der Waals surface area contributed by atoms with Crippen molar-refractivity contribution >= 4 is 34.2 Å². The molecule has 1 aliphatic rings. The summed E-state index contributed by atoms with van der Waals surface area (Å²) in [5.41, 5.74) is 4.84. The Kier molecular flexibility index (Phi) is 9.93. The van der Waals surface area contributed by atoms with E-state index in [1.54, 1.807) is 14.0 Å². The number of benzene rings is 2. The van der Waals surface area contributed by atoms with Gasteiger partial charge in [-0.25, -0.2) is 14.8 Å². The van der Waals surface area contributed by atoms with Crippen molar-refractivity contribution in [2.45, 2.75) is 52.2 Å². The maximum absolute atomic E-state index is 13.2. The van der Waals surface area contributed by atoms with Gasteiger partial charge < -0.3 is 29.2 Å². The summed E-state index contributed by atoms with van der Waals surface area (Å²) >= 11 is 0. The van der Waals surface area contributed by atoms with Gasteiger partial charge in [-0.15, -0.1) is 0 Å². The van der Waals surface area contributed by atoms with Gasteiger partial charge in [0.25, 0.3) is 5.91 Å². The fourth-order valence-corrected chi connectivity index (χ4v) is 6.09. The molecule has 0 aliphatic carbocycles. The molecular formula is C36H42N6O4. The Morgan fingerprint density at radius 2 is 1.98 bits per heavy atom. The molecule has 1 N–H and O–H groups in total. The number of nitrogens with zero attached hydrogens (tertiary/aromatic N) is 5. The van der Waals surface area contributed by atoms with Crippen LogP contribution in [0.3, 0.4) is 0 Å². The lowest BCUT2D eigenvalue weighted by Gasteiger charge is -2.29. The molecule has 240 valence electrons. The van der Waals surface area contributed by atoms with Crippen molar-refractivity contribution in [2.24, 2.45) is 7.05 Å². The SMILES string of the molecule is CC#CC(=O)Nc1cc(Cc2ncc(C(=O)OC(C)C)c(-c3cn(C)c4ccccc34)n2)c(OC)cc1N(C)CC1CCCN1C. The molecule has 46 heavy (non-hydrogen) atoms. The number of esters is 1. The Morgan fingerprint density at radius 1 is 1.20 bits per heavy atom. The zero-order valence-corrected chi connectivity index (χ0v) is 27.7. The van der Waals surface area contributed by atoms with E-state index in [0.29, 0.717) is 34.6 Å². The van der Waals surface area contributed by atoms with Gasteiger partial charge in [-0.05, 0) is 65.3 Å². The highest BCUT2D eigenvalue weighted by Crippen LogP contribution is 2.36. The van der Waals surface area contributed by atoms with Crippen LogP contribution in [0.2, 0.25) is 0 Å². The van der Waals surface area contributed by atoms with Gasteiger partial charge >= 0.3 is 5.97 Å². The molecule has 1 unspecified atom stereocenters. The minimum Gasteiger partial charge on any atom is -0.496 e. The number of likely N-dealkylation sites (N-methyl/N-ethyl adjacent to an activating group) is 2. The highest BCUT2D eigenvalue weighted by Gasteiger charge is 2.25. The first kappa shape index (κ1) is 32.5. The number of methoxy groups -OCH3 is 1. The summed E-state index contributed by atoms with van der Waals surface area (Å²) in [5.74, 6) is 5.51. The number of nitrogens with one attached hydrogen (secondary N) is 1. The van der Waals surface area contributed by atoms with Crippen molar-refractivity contribution in [1.82, 2.24) is 19.4 Å². The van der Waals surface area contributed by atoms with E-state index in [1.165, 1.54) is 12.6 Å². The number of rotatable bonds is 10. The number of carbonyl (C=O) groups is 2. The molecular weight excluding hydrogens is 580 g/mol. The van der Waals surface area contributed by atoms with Gasteiger partial charge in [0.15, 0.2) is 0 Å². The van der Waals surface area contributed by atoms with Gasteiger partial charge in [0, 0.05) is 73.6 Å². The molecule has 10 nitrogen and oxygen atoms in total. The molecule has 2 aromatic heterocycles. The molecule has 5 rings (SSSR count). The van der Waals surface area contributed by atoms with Crippen molar-refractivity contribution < 1.29 is 19.1 Å². The molecule has 0 spiro atoms. The lowest BCUT2D eigenvalue weighted by molar-refractivity contribution is -0.111. The number of ether oxygens (including phenoxy) is 2. The van der Waals surface area contributed by atoms with Crippen LogP contribution in [0.25, 0.3) is 22.2 Å². The first-order valence-electron chi connectivity index (χ1n) is 15.6. The Hall–Kier alpha value is -4.88. The van der Waals surface area contributed by atoms with E-state index in [2.05, 4.69) is 39.0 Å². The van der Waals surface area contributed by atoms with Gasteiger partial charge in [-0.1, -0.05) is 24.1 Å². The zero-order chi connectivity index (χ0) is 33.0. The highest BCUT2D eigenvalue weighted by molar-refractivity contribution is 6.06. The minimum atomic E-state index is -0.482. The number of hydrogen-bond acceptors (Lipinski definition) is 8. The number of likely N-dealkylation sites (tertiary alicyclic amines) is 1. The molecule has 4 aromatic rings. The maximum atomic E-state index is 13.2. The summed E-state index contributed by atoms with van der Waals surface area (Å²) in [7, 11) is 7.76. The van der Waals surface area contributed by atoms with Crippen LogP contribution in [0.4, 0.5) is 11.4 Å². The zero-order valence-electron chi connectivity index (χ0n) is 27.7. The lowest BCUT2D eigenvalue weighted by Crippen LogP contribution is -2.37. The molecule has 0 bridgehead atoms. The lowest BCUT2D eigenvalue weighted by atomic mass is 10.0. The Labute approximate surface area is 270 Å². The van der Waals surface area contributed by atoms with Crippen LogP contribution in [-0.4, -0.2) is 77.8 Å². The smallest absolute Gasteiger partial charge is 0.342 e. The number of carbonyl (C=O) groups excluding carboxylic acids is 2. The third kappa shape index (κ3) is 7.00. The number of aromatic nitrogens is 3. The fourth-order valence-electron chi connectivity index (χ4n) is 6.09. The number of fused-ring (bicyclic) bond motifs is 1. The second kappa shape index (κ2) is 14.0. The van der Waals surface area contributed by atoms with E-state index in [-0.39, 0.29) is 12.5 Å². The first-order chi connectivity index (χ1) is 22.1. The van der Waals surface area contributed by atoms with Crippen LogP contribution >= 0.6 is 0 Å². The van der Waals surface area contributed by atoms with Gasteiger partial charge in [-0.3, -0.25) is 4.79 Å². The second-order valence-electron chi connectivity index (χ2n) is 12.0. The van der Waals surface area contributed by atoms with Gasteiger partial charge in [0.2, 0.25) is 0 Å². The highest BCUT2D eigenvalue weighted by atomic mass is 16.5. The molecule has 0 saturated carbocycles. The van der Waals surface area contributed by atoms with E-state index >= 15 is 0 Å². The number of anilines is 2. The quantitative estimate of drug-likeness (QED) is 0.188. The monoisotopic (exact) mass is 622 g/mol. The van der Waals surface area contributed by atoms with E-state index in [0.717, 1.165) is 47.2 Å². The predicted octanol–water partition coefficient (Wildman–Crippen LogP) is 5.29. The minimum absolute atomic E-state index is 0.290. The van der Waals surface area contributed by atoms with Crippen LogP contribution in [-0.2, 0) is 23.0 Å². The molecule has 1 fully saturated rings. The number of para-hydroxylation sites is 1. The molecule has 1 atom stereocenters. The first-order valence-corrected chi connectivity index (χ1v) is 15.6. The Bertz CT molecular complexity index is 1820. The van der Waals surface area contributed by atoms with Crippen molar-refractivity contribution in [2.75, 3.05) is 44.5 Å². The summed E-state index contributed by atoms with van der Waals surface area (Å²) in [4.78, 5) is 40.0. The van der Waals surface area contributed by atoms with E-state index in [1.807, 2.05) is 75.1 Å². The molecule has 1 aliphatic heterocycles. The van der Waals surface area contributed by atoms with Crippen LogP contribution in [0, 0.1) is 11.8 Å². The summed E-state index contributed by atoms with van der Waals surface area (Å²) in [6.45, 7) is 7.13. The van der Waals surface area contributed by atoms with Crippen molar-refractivity contribution in [3.8, 4) is 28.8 Å². The van der Waals surface area contributed by atoms with Gasteiger partial charge in [0.1, 0.15) is 17.1 Å². The third-order valence-corrected chi connectivity index (χ3v) is 8.35. The molecule has 10 heteroatoms. The maximum Gasteiger partial charge on any atom is 0.342 e. The summed E-state index contributed by atoms with van der Waals surface area (Å²) in [6, 6.07) is 12.2. The third-order valence-electron chi connectivity index (χ3n) is 8.35. The van der Waals surface area contributed by atoms with Crippen LogP contribution in [0.1, 0.15) is 55.4 Å². The molecule has 2 aromatic carbocycles. The number of amides is 1. The van der Waals surface area contributed by atoms with Crippen molar-refractivity contribution in [3.05, 3.63) is 65.7 Å². The van der Waals surface area contributed by atoms with Gasteiger partial charge in [-0.2, -0.15) is 0 Å². The summed E-state index contributed by atoms with van der Waals surface area (Å²) in [6.07, 6.45) is 5.79. The standard InChI is InChI=1S/C36H42N6O4/c1-8-12-34(43)38-29-17-24(32(45-7)19-31(29)41(5)21-25-13-11-16-40(25)4)18-33-37-20-27(36(44)46-23(2)3)35(39-33)28-22-42(6)30-15-10-9-14-26(28)30/h9-10,14-15,17,19-20,22-23,25H,11,13,16,18,21H2,1-7H3,(H,38,43). The number of hydrogen-bond donors (Lipinski definition) is 1. The average molecular weight is 623 g/mol. The van der Waals surface area contributed by atoms with Gasteiger partial charge in [0.05, 0.1) is 30.3 Å². The molecule has 1 saturated heterocycles. The molecule has 3 heterocycles. The molecule has 0 radical (unpaired) electrons. The predicted molar refractivity (Wildman–Crippen MR) is 181 cm³/mol. The summed E-state index contributed by atoms with van der Waals surface area (Å²) in [5, 5.41) is 3.95. The Balaban J connectivity index is 1.57. The second-order valence-corrected chi connectivity index (χ2v) is 12.0. The fraction of sp³-hybridized carbons (Fsp3) is 0.389. The number of aryl methyl sites for hydroxylation is 1. The van der Waals surface area contributed by atoms with Crippen LogP contribution in [0.15, 0.2) is 48.8 Å². The van der Waals surface area contributed by atoms with Crippen LogP contribution < -0.4 is 15.0 Å². The topological polar surface area (TPSA) is 102 Å². The van der Waals surface area contributed by atoms with Crippen LogP contribution in [0.5, 0.6) is 5.75 Å². The largest absolute Gasteiger partial charge is 0.496 e. The summed E-state index contributed by atoms with van der Waals surface area (Å²) < 4.78 is 13.5. The average Bonchev–Trinajstić information content (AvgIpc) is 3.58. The normalized spacial score (nSPS) is 14.7.